The number of nitrogens with one attached hydrogen (secondary N) is 3. The lowest BCUT2D eigenvalue weighted by Crippen LogP contribution is -2.22. The van der Waals surface area contributed by atoms with Crippen LogP contribution >= 0.6 is 12.2 Å². The molecule has 0 saturated heterocycles. The first-order chi connectivity index (χ1) is 9.06. The van der Waals surface area contributed by atoms with Crippen LogP contribution in [0.5, 0.6) is 0 Å². The molecule has 0 spiro atoms. The molecule has 0 unspecified atom stereocenters. The van der Waals surface area contributed by atoms with E-state index in [0.29, 0.717) is 17.1 Å². The maximum absolute atomic E-state index is 12.7. The summed E-state index contributed by atoms with van der Waals surface area (Å²) in [6.45, 7) is 0. The van der Waals surface area contributed by atoms with E-state index in [0.717, 1.165) is 0 Å². The molecule has 5 N–H and O–H groups in total. The number of aromatic nitrogens is 2. The SMILES string of the molecule is NC(=S)c1cn[nH]c1NC(=O)Nc1ccc(F)cc1. The van der Waals surface area contributed by atoms with Gasteiger partial charge in [0, 0.05) is 5.69 Å². The summed E-state index contributed by atoms with van der Waals surface area (Å²) >= 11 is 4.80. The second kappa shape index (κ2) is 5.44. The first-order valence-electron chi connectivity index (χ1n) is 5.23. The fourth-order valence-electron chi connectivity index (χ4n) is 1.38. The minimum Gasteiger partial charge on any atom is -0.389 e. The van der Waals surface area contributed by atoms with E-state index >= 15 is 0 Å². The number of anilines is 2. The van der Waals surface area contributed by atoms with Crippen molar-refractivity contribution < 1.29 is 9.18 Å². The van der Waals surface area contributed by atoms with Gasteiger partial charge < -0.3 is 11.1 Å². The molecular weight excluding hydrogens is 269 g/mol. The molecule has 0 aliphatic heterocycles. The molecule has 0 fully saturated rings. The second-order valence-corrected chi connectivity index (χ2v) is 4.05. The zero-order valence-electron chi connectivity index (χ0n) is 9.61. The molecule has 19 heavy (non-hydrogen) atoms. The lowest BCUT2D eigenvalue weighted by Gasteiger charge is -2.07. The third kappa shape index (κ3) is 3.26. The molecule has 2 rings (SSSR count). The number of carbonyl (C=O) groups excluding carboxylic acids is 1. The number of halogens is 1. The van der Waals surface area contributed by atoms with Crippen molar-refractivity contribution in [3.63, 3.8) is 0 Å². The van der Waals surface area contributed by atoms with Crippen LogP contribution < -0.4 is 16.4 Å². The van der Waals surface area contributed by atoms with Crippen LogP contribution in [0.3, 0.4) is 0 Å². The van der Waals surface area contributed by atoms with Gasteiger partial charge in [-0.25, -0.2) is 9.18 Å². The van der Waals surface area contributed by atoms with Crippen LogP contribution in [0.15, 0.2) is 30.5 Å². The molecule has 0 radical (unpaired) electrons. The predicted octanol–water partition coefficient (Wildman–Crippen LogP) is 1.83. The summed E-state index contributed by atoms with van der Waals surface area (Å²) in [6.07, 6.45) is 1.41. The van der Waals surface area contributed by atoms with Crippen LogP contribution in [-0.4, -0.2) is 21.2 Å². The molecule has 1 aromatic carbocycles. The van der Waals surface area contributed by atoms with E-state index in [1.54, 1.807) is 0 Å². The van der Waals surface area contributed by atoms with Gasteiger partial charge in [-0.05, 0) is 24.3 Å². The predicted molar refractivity (Wildman–Crippen MR) is 73.5 cm³/mol. The van der Waals surface area contributed by atoms with E-state index in [4.69, 9.17) is 18.0 Å². The van der Waals surface area contributed by atoms with Gasteiger partial charge in [-0.15, -0.1) is 0 Å². The van der Waals surface area contributed by atoms with Gasteiger partial charge in [-0.1, -0.05) is 12.2 Å². The number of thiocarbonyl (C=S) groups is 1. The first-order valence-corrected chi connectivity index (χ1v) is 5.64. The topological polar surface area (TPSA) is 95.8 Å². The Hall–Kier alpha value is -2.48. The molecule has 98 valence electrons. The highest BCUT2D eigenvalue weighted by molar-refractivity contribution is 7.80. The van der Waals surface area contributed by atoms with Gasteiger partial charge in [-0.3, -0.25) is 10.4 Å². The molecule has 6 nitrogen and oxygen atoms in total. The second-order valence-electron chi connectivity index (χ2n) is 3.61. The number of nitrogens with zero attached hydrogens (tertiary/aromatic N) is 1. The summed E-state index contributed by atoms with van der Waals surface area (Å²) < 4.78 is 12.7. The minimum atomic E-state index is -0.520. The van der Waals surface area contributed by atoms with Gasteiger partial charge in [0.25, 0.3) is 0 Å². The van der Waals surface area contributed by atoms with Crippen molar-refractivity contribution in [2.45, 2.75) is 0 Å². The number of benzene rings is 1. The quantitative estimate of drug-likeness (QED) is 0.644. The summed E-state index contributed by atoms with van der Waals surface area (Å²) in [5.74, 6) is -0.0811. The summed E-state index contributed by atoms with van der Waals surface area (Å²) in [7, 11) is 0. The summed E-state index contributed by atoms with van der Waals surface area (Å²) in [5, 5.41) is 11.3. The van der Waals surface area contributed by atoms with Crippen molar-refractivity contribution in [3.05, 3.63) is 41.8 Å². The normalized spacial score (nSPS) is 9.95. The largest absolute Gasteiger partial charge is 0.389 e. The van der Waals surface area contributed by atoms with E-state index in [2.05, 4.69) is 20.8 Å². The fourth-order valence-corrected chi connectivity index (χ4v) is 1.53. The number of aromatic amines is 1. The molecule has 0 saturated carbocycles. The number of carbonyl (C=O) groups is 1. The lowest BCUT2D eigenvalue weighted by molar-refractivity contribution is 0.262. The Balaban J connectivity index is 2.03. The Morgan fingerprint density at radius 1 is 1.32 bits per heavy atom. The molecule has 0 aliphatic carbocycles. The Morgan fingerprint density at radius 3 is 2.63 bits per heavy atom. The minimum absolute atomic E-state index is 0.117. The number of H-pyrrole nitrogens is 1. The molecule has 0 atom stereocenters. The van der Waals surface area contributed by atoms with E-state index in [1.165, 1.54) is 30.5 Å². The maximum atomic E-state index is 12.7. The number of amides is 2. The van der Waals surface area contributed by atoms with Gasteiger partial charge in [-0.2, -0.15) is 5.10 Å². The van der Waals surface area contributed by atoms with Gasteiger partial charge in [0.15, 0.2) is 0 Å². The van der Waals surface area contributed by atoms with Crippen LogP contribution in [0.1, 0.15) is 5.56 Å². The standard InChI is InChI=1S/C11H10FN5OS/c12-6-1-3-7(4-2-6)15-11(18)16-10-8(9(13)19)5-14-17-10/h1-5H,(H2,13,19)(H3,14,15,16,17,18). The molecule has 0 bridgehead atoms. The number of hydrogen-bond donors (Lipinski definition) is 4. The third-order valence-corrected chi connectivity index (χ3v) is 2.47. The highest BCUT2D eigenvalue weighted by Crippen LogP contribution is 2.12. The van der Waals surface area contributed by atoms with Gasteiger partial charge in [0.05, 0.1) is 11.8 Å². The monoisotopic (exact) mass is 279 g/mol. The Bertz CT molecular complexity index is 610. The van der Waals surface area contributed by atoms with Gasteiger partial charge >= 0.3 is 6.03 Å². The Morgan fingerprint density at radius 2 is 2.00 bits per heavy atom. The molecular formula is C11H10FN5OS. The average Bonchev–Trinajstić information content (AvgIpc) is 2.80. The van der Waals surface area contributed by atoms with Gasteiger partial charge in [0.2, 0.25) is 0 Å². The molecule has 2 amide bonds. The molecule has 2 aromatic rings. The van der Waals surface area contributed by atoms with Crippen molar-refractivity contribution in [1.29, 1.82) is 0 Å². The van der Waals surface area contributed by atoms with Crippen molar-refractivity contribution in [1.82, 2.24) is 10.2 Å². The van der Waals surface area contributed by atoms with Crippen LogP contribution in [0, 0.1) is 5.82 Å². The fraction of sp³-hybridized carbons (Fsp3) is 0. The van der Waals surface area contributed by atoms with Crippen molar-refractivity contribution in [2.75, 3.05) is 10.6 Å². The Labute approximate surface area is 113 Å². The van der Waals surface area contributed by atoms with Crippen LogP contribution in [0.2, 0.25) is 0 Å². The van der Waals surface area contributed by atoms with Crippen LogP contribution in [0.25, 0.3) is 0 Å². The van der Waals surface area contributed by atoms with Crippen molar-refractivity contribution in [2.24, 2.45) is 5.73 Å². The molecule has 1 aromatic heterocycles. The summed E-state index contributed by atoms with van der Waals surface area (Å²) in [6, 6.07) is 4.85. The number of urea groups is 1. The van der Waals surface area contributed by atoms with E-state index in [-0.39, 0.29) is 10.8 Å². The Kier molecular flexibility index (Phi) is 3.71. The van der Waals surface area contributed by atoms with Crippen molar-refractivity contribution in [3.8, 4) is 0 Å². The average molecular weight is 279 g/mol. The number of rotatable bonds is 3. The van der Waals surface area contributed by atoms with Crippen LogP contribution in [0.4, 0.5) is 20.7 Å². The lowest BCUT2D eigenvalue weighted by atomic mass is 10.3. The summed E-state index contributed by atoms with van der Waals surface area (Å²) in [5.41, 5.74) is 6.35. The van der Waals surface area contributed by atoms with Crippen molar-refractivity contribution >= 4 is 34.7 Å². The smallest absolute Gasteiger partial charge is 0.324 e. The van der Waals surface area contributed by atoms with E-state index in [9.17, 15) is 9.18 Å². The highest BCUT2D eigenvalue weighted by atomic mass is 32.1. The molecule has 0 aliphatic rings. The van der Waals surface area contributed by atoms with Gasteiger partial charge in [0.1, 0.15) is 16.6 Å². The zero-order valence-corrected chi connectivity index (χ0v) is 10.4. The number of nitrogens with two attached hydrogens (primary N) is 1. The highest BCUT2D eigenvalue weighted by Gasteiger charge is 2.10. The molecule has 8 heteroatoms. The maximum Gasteiger partial charge on any atom is 0.324 e. The zero-order chi connectivity index (χ0) is 13.8. The third-order valence-electron chi connectivity index (χ3n) is 2.25. The summed E-state index contributed by atoms with van der Waals surface area (Å²) in [4.78, 5) is 11.8. The molecule has 1 heterocycles. The van der Waals surface area contributed by atoms with Crippen LogP contribution in [-0.2, 0) is 0 Å². The number of hydrogen-bond acceptors (Lipinski definition) is 3. The first kappa shape index (κ1) is 13.0. The van der Waals surface area contributed by atoms with E-state index < -0.39 is 6.03 Å². The van der Waals surface area contributed by atoms with E-state index in [1.807, 2.05) is 0 Å².